The van der Waals surface area contributed by atoms with E-state index < -0.39 is 23.2 Å². The fourth-order valence-corrected chi connectivity index (χ4v) is 2.08. The minimum absolute atomic E-state index is 0.109. The molecule has 8 heteroatoms. The second kappa shape index (κ2) is 6.55. The van der Waals surface area contributed by atoms with Gasteiger partial charge >= 0.3 is 0 Å². The Morgan fingerprint density at radius 2 is 1.82 bits per heavy atom. The van der Waals surface area contributed by atoms with Crippen molar-refractivity contribution in [2.75, 3.05) is 0 Å². The highest BCUT2D eigenvalue weighted by atomic mass is 35.5. The van der Waals surface area contributed by atoms with Crippen LogP contribution in [0.15, 0.2) is 35.4 Å². The molecule has 0 aliphatic heterocycles. The second-order valence-electron chi connectivity index (χ2n) is 4.19. The first kappa shape index (κ1) is 15.9. The van der Waals surface area contributed by atoms with E-state index in [-0.39, 0.29) is 16.1 Å². The lowest BCUT2D eigenvalue weighted by atomic mass is 10.2. The van der Waals surface area contributed by atoms with E-state index in [2.05, 4.69) is 10.5 Å². The molecule has 0 aliphatic rings. The highest BCUT2D eigenvalue weighted by molar-refractivity contribution is 6.36. The van der Waals surface area contributed by atoms with Crippen LogP contribution in [0.3, 0.4) is 0 Å². The Labute approximate surface area is 135 Å². The van der Waals surface area contributed by atoms with Crippen molar-refractivity contribution in [1.29, 1.82) is 0 Å². The van der Waals surface area contributed by atoms with E-state index in [1.54, 1.807) is 0 Å². The first-order chi connectivity index (χ1) is 10.4. The standard InChI is InChI=1S/C14H10Cl2N2O4/c15-8-2-3-9(10(16)5-8)14(22)18-17-6-7-1-4-11(19)13(21)12(7)20/h1-6,19-21H,(H,18,22)/b17-6-. The minimum atomic E-state index is -0.670. The van der Waals surface area contributed by atoms with Gasteiger partial charge in [0.25, 0.3) is 5.91 Å². The number of nitrogens with one attached hydrogen (secondary N) is 1. The lowest BCUT2D eigenvalue weighted by Crippen LogP contribution is -2.18. The molecule has 0 aliphatic carbocycles. The molecule has 0 bridgehead atoms. The fraction of sp³-hybridized carbons (Fsp3) is 0. The zero-order valence-corrected chi connectivity index (χ0v) is 12.4. The predicted octanol–water partition coefficient (Wildman–Crippen LogP) is 2.87. The van der Waals surface area contributed by atoms with Gasteiger partial charge in [-0.2, -0.15) is 5.10 Å². The first-order valence-electron chi connectivity index (χ1n) is 5.92. The summed E-state index contributed by atoms with van der Waals surface area (Å²) in [5.41, 5.74) is 2.51. The van der Waals surface area contributed by atoms with Gasteiger partial charge in [0, 0.05) is 10.6 Å². The highest BCUT2D eigenvalue weighted by Crippen LogP contribution is 2.36. The second-order valence-corrected chi connectivity index (χ2v) is 5.04. The van der Waals surface area contributed by atoms with Gasteiger partial charge in [0.2, 0.25) is 5.75 Å². The molecule has 1 amide bonds. The van der Waals surface area contributed by atoms with Gasteiger partial charge in [0.1, 0.15) is 0 Å². The highest BCUT2D eigenvalue weighted by Gasteiger charge is 2.11. The van der Waals surface area contributed by atoms with Gasteiger partial charge < -0.3 is 15.3 Å². The van der Waals surface area contributed by atoms with Crippen LogP contribution >= 0.6 is 23.2 Å². The SMILES string of the molecule is O=C(N/N=C\c1ccc(O)c(O)c1O)c1ccc(Cl)cc1Cl. The number of hydrogen-bond acceptors (Lipinski definition) is 5. The van der Waals surface area contributed by atoms with E-state index in [9.17, 15) is 20.1 Å². The molecule has 0 saturated heterocycles. The van der Waals surface area contributed by atoms with Crippen molar-refractivity contribution in [3.63, 3.8) is 0 Å². The maximum absolute atomic E-state index is 11.9. The van der Waals surface area contributed by atoms with E-state index >= 15 is 0 Å². The number of benzene rings is 2. The number of carbonyl (C=O) groups excluding carboxylic acids is 1. The number of hydrogen-bond donors (Lipinski definition) is 4. The van der Waals surface area contributed by atoms with Gasteiger partial charge in [-0.05, 0) is 30.3 Å². The summed E-state index contributed by atoms with van der Waals surface area (Å²) in [7, 11) is 0. The summed E-state index contributed by atoms with van der Waals surface area (Å²) in [5, 5.41) is 32.3. The summed E-state index contributed by atoms with van der Waals surface area (Å²) in [6.07, 6.45) is 1.11. The van der Waals surface area contributed by atoms with E-state index in [1.165, 1.54) is 30.3 Å². The summed E-state index contributed by atoms with van der Waals surface area (Å²) in [4.78, 5) is 11.9. The summed E-state index contributed by atoms with van der Waals surface area (Å²) >= 11 is 11.6. The molecular weight excluding hydrogens is 331 g/mol. The quantitative estimate of drug-likeness (QED) is 0.392. The van der Waals surface area contributed by atoms with Crippen LogP contribution in [0.2, 0.25) is 10.0 Å². The van der Waals surface area contributed by atoms with Crippen LogP contribution in [0.5, 0.6) is 17.2 Å². The molecule has 0 spiro atoms. The Morgan fingerprint density at radius 1 is 1.09 bits per heavy atom. The van der Waals surface area contributed by atoms with Crippen molar-refractivity contribution in [1.82, 2.24) is 5.43 Å². The number of carbonyl (C=O) groups is 1. The van der Waals surface area contributed by atoms with Crippen LogP contribution in [-0.2, 0) is 0 Å². The van der Waals surface area contributed by atoms with Crippen molar-refractivity contribution in [2.24, 2.45) is 5.10 Å². The maximum atomic E-state index is 11.9. The van der Waals surface area contributed by atoms with E-state index in [0.717, 1.165) is 6.21 Å². The molecule has 0 atom stereocenters. The monoisotopic (exact) mass is 340 g/mol. The van der Waals surface area contributed by atoms with Gasteiger partial charge in [-0.25, -0.2) is 5.43 Å². The van der Waals surface area contributed by atoms with Crippen LogP contribution < -0.4 is 5.43 Å². The number of hydrazone groups is 1. The van der Waals surface area contributed by atoms with E-state index in [1.807, 2.05) is 0 Å². The number of halogens is 2. The van der Waals surface area contributed by atoms with Crippen molar-refractivity contribution < 1.29 is 20.1 Å². The third kappa shape index (κ3) is 3.41. The topological polar surface area (TPSA) is 102 Å². The van der Waals surface area contributed by atoms with E-state index in [4.69, 9.17) is 23.2 Å². The molecule has 0 aromatic heterocycles. The van der Waals surface area contributed by atoms with Crippen molar-refractivity contribution >= 4 is 35.3 Å². The molecule has 0 fully saturated rings. The maximum Gasteiger partial charge on any atom is 0.272 e. The number of rotatable bonds is 3. The van der Waals surface area contributed by atoms with Crippen LogP contribution in [0.25, 0.3) is 0 Å². The summed E-state index contributed by atoms with van der Waals surface area (Å²) < 4.78 is 0. The molecule has 0 unspecified atom stereocenters. The van der Waals surface area contributed by atoms with Gasteiger partial charge in [-0.3, -0.25) is 4.79 Å². The van der Waals surface area contributed by atoms with Crippen molar-refractivity contribution in [2.45, 2.75) is 0 Å². The molecule has 114 valence electrons. The number of phenols is 3. The van der Waals surface area contributed by atoms with E-state index in [0.29, 0.717) is 5.02 Å². The lowest BCUT2D eigenvalue weighted by molar-refractivity contribution is 0.0955. The third-order valence-corrected chi connectivity index (χ3v) is 3.25. The van der Waals surface area contributed by atoms with Gasteiger partial charge in [-0.15, -0.1) is 0 Å². The molecule has 0 heterocycles. The van der Waals surface area contributed by atoms with Crippen LogP contribution in [0.1, 0.15) is 15.9 Å². The zero-order chi connectivity index (χ0) is 16.3. The largest absolute Gasteiger partial charge is 0.504 e. The Hall–Kier alpha value is -2.44. The summed E-state index contributed by atoms with van der Waals surface area (Å²) in [6.45, 7) is 0. The molecule has 2 aromatic carbocycles. The summed E-state index contributed by atoms with van der Waals surface area (Å²) in [5.74, 6) is -2.26. The van der Waals surface area contributed by atoms with Crippen LogP contribution in [-0.4, -0.2) is 27.4 Å². The zero-order valence-electron chi connectivity index (χ0n) is 10.9. The average Bonchev–Trinajstić information content (AvgIpc) is 2.47. The molecule has 0 saturated carbocycles. The lowest BCUT2D eigenvalue weighted by Gasteiger charge is -2.04. The van der Waals surface area contributed by atoms with Gasteiger partial charge in [-0.1, -0.05) is 23.2 Å². The van der Waals surface area contributed by atoms with Gasteiger partial charge in [0.05, 0.1) is 16.8 Å². The summed E-state index contributed by atoms with van der Waals surface area (Å²) in [6, 6.07) is 6.87. The number of amides is 1. The average molecular weight is 341 g/mol. The Morgan fingerprint density at radius 3 is 2.50 bits per heavy atom. The molecular formula is C14H10Cl2N2O4. The first-order valence-corrected chi connectivity index (χ1v) is 6.68. The van der Waals surface area contributed by atoms with Crippen LogP contribution in [0, 0.1) is 0 Å². The molecule has 2 aromatic rings. The number of phenolic OH excluding ortho intramolecular Hbond substituents is 3. The smallest absolute Gasteiger partial charge is 0.272 e. The predicted molar refractivity (Wildman–Crippen MR) is 83.0 cm³/mol. The Bertz CT molecular complexity index is 763. The Kier molecular flexibility index (Phi) is 4.75. The normalized spacial score (nSPS) is 10.8. The number of aromatic hydroxyl groups is 3. The minimum Gasteiger partial charge on any atom is -0.504 e. The van der Waals surface area contributed by atoms with Crippen LogP contribution in [0.4, 0.5) is 0 Å². The third-order valence-electron chi connectivity index (χ3n) is 2.71. The fourth-order valence-electron chi connectivity index (χ4n) is 1.58. The molecule has 6 nitrogen and oxygen atoms in total. The molecule has 4 N–H and O–H groups in total. The Balaban J connectivity index is 2.12. The van der Waals surface area contributed by atoms with Crippen molar-refractivity contribution in [3.05, 3.63) is 51.5 Å². The molecule has 0 radical (unpaired) electrons. The molecule has 22 heavy (non-hydrogen) atoms. The number of nitrogens with zero attached hydrogens (tertiary/aromatic N) is 1. The van der Waals surface area contributed by atoms with Gasteiger partial charge in [0.15, 0.2) is 11.5 Å². The van der Waals surface area contributed by atoms with Crippen molar-refractivity contribution in [3.8, 4) is 17.2 Å². The molecule has 2 rings (SSSR count).